The van der Waals surface area contributed by atoms with Crippen LogP contribution in [0.5, 0.6) is 0 Å². The number of halogens is 5. The molecule has 8 heteroatoms. The molecule has 24 heavy (non-hydrogen) atoms. The van der Waals surface area contributed by atoms with Crippen molar-refractivity contribution in [2.75, 3.05) is 26.2 Å². The monoisotopic (exact) mass is 380 g/mol. The summed E-state index contributed by atoms with van der Waals surface area (Å²) in [6.07, 6.45) is -4.58. The second-order valence-corrected chi connectivity index (χ2v) is 6.38. The van der Waals surface area contributed by atoms with E-state index in [2.05, 4.69) is 5.32 Å². The number of piperazine rings is 1. The van der Waals surface area contributed by atoms with Crippen molar-refractivity contribution in [3.8, 4) is 0 Å². The lowest BCUT2D eigenvalue weighted by atomic mass is 9.96. The van der Waals surface area contributed by atoms with Crippen LogP contribution in [-0.2, 0) is 6.18 Å². The summed E-state index contributed by atoms with van der Waals surface area (Å²) in [5.41, 5.74) is -1.17. The number of alkyl halides is 3. The molecular weight excluding hydrogens is 364 g/mol. The van der Waals surface area contributed by atoms with Gasteiger partial charge in [0.1, 0.15) is 5.82 Å². The Bertz CT molecular complexity index is 655. The molecule has 0 spiro atoms. The Balaban J connectivity index is 0.00000208. The van der Waals surface area contributed by atoms with Crippen molar-refractivity contribution in [3.63, 3.8) is 0 Å². The van der Waals surface area contributed by atoms with Gasteiger partial charge in [0.25, 0.3) is 0 Å². The third-order valence-electron chi connectivity index (χ3n) is 3.96. The standard InChI is InChI=1S/C16H16F4N2S.ClH/c17-12-4-1-3-11(16(18,19)20)14(12)15(13-5-2-10-23-13)22-8-6-21-7-9-22;/h1-5,10,15,21H,6-9H2;1H/t15-;/m1./s1. The zero-order chi connectivity index (χ0) is 16.4. The highest BCUT2D eigenvalue weighted by molar-refractivity contribution is 7.10. The largest absolute Gasteiger partial charge is 0.416 e. The molecule has 0 amide bonds. The summed E-state index contributed by atoms with van der Waals surface area (Å²) in [7, 11) is 0. The molecule has 1 aromatic carbocycles. The molecule has 2 nitrogen and oxygen atoms in total. The minimum Gasteiger partial charge on any atom is -0.314 e. The number of hydrogen-bond donors (Lipinski definition) is 1. The van der Waals surface area contributed by atoms with Crippen LogP contribution in [0, 0.1) is 5.82 Å². The van der Waals surface area contributed by atoms with E-state index >= 15 is 0 Å². The van der Waals surface area contributed by atoms with Crippen LogP contribution in [0.1, 0.15) is 22.0 Å². The van der Waals surface area contributed by atoms with Crippen molar-refractivity contribution in [2.45, 2.75) is 12.2 Å². The number of rotatable bonds is 3. The van der Waals surface area contributed by atoms with Crippen molar-refractivity contribution < 1.29 is 17.6 Å². The molecule has 1 aliphatic rings. The van der Waals surface area contributed by atoms with E-state index in [0.717, 1.165) is 23.1 Å². The minimum absolute atomic E-state index is 0. The Morgan fingerprint density at radius 3 is 2.38 bits per heavy atom. The van der Waals surface area contributed by atoms with Crippen LogP contribution >= 0.6 is 23.7 Å². The van der Waals surface area contributed by atoms with E-state index in [0.29, 0.717) is 26.2 Å². The van der Waals surface area contributed by atoms with Gasteiger partial charge in [-0.15, -0.1) is 23.7 Å². The summed E-state index contributed by atoms with van der Waals surface area (Å²) in [4.78, 5) is 2.64. The average Bonchev–Trinajstić information content (AvgIpc) is 3.03. The third-order valence-corrected chi connectivity index (χ3v) is 4.89. The smallest absolute Gasteiger partial charge is 0.314 e. The van der Waals surface area contributed by atoms with Crippen LogP contribution in [0.2, 0.25) is 0 Å². The van der Waals surface area contributed by atoms with Gasteiger partial charge in [0.2, 0.25) is 0 Å². The molecule has 1 fully saturated rings. The van der Waals surface area contributed by atoms with E-state index in [-0.39, 0.29) is 18.0 Å². The maximum Gasteiger partial charge on any atom is 0.416 e. The summed E-state index contributed by atoms with van der Waals surface area (Å²) >= 11 is 1.35. The van der Waals surface area contributed by atoms with E-state index in [1.165, 1.54) is 11.3 Å². The number of nitrogens with zero attached hydrogens (tertiary/aromatic N) is 1. The molecule has 0 radical (unpaired) electrons. The van der Waals surface area contributed by atoms with E-state index in [1.54, 1.807) is 17.5 Å². The predicted octanol–water partition coefficient (Wildman–Crippen LogP) is 4.32. The summed E-state index contributed by atoms with van der Waals surface area (Å²) in [6, 6.07) is 6.02. The Morgan fingerprint density at radius 1 is 1.08 bits per heavy atom. The lowest BCUT2D eigenvalue weighted by Crippen LogP contribution is -2.45. The van der Waals surface area contributed by atoms with Gasteiger partial charge in [-0.2, -0.15) is 13.2 Å². The van der Waals surface area contributed by atoms with Crippen molar-refractivity contribution in [3.05, 3.63) is 57.5 Å². The summed E-state index contributed by atoms with van der Waals surface area (Å²) in [5.74, 6) is -0.809. The number of thiophene rings is 1. The molecule has 1 aromatic heterocycles. The molecule has 2 heterocycles. The van der Waals surface area contributed by atoms with Crippen LogP contribution in [0.4, 0.5) is 17.6 Å². The van der Waals surface area contributed by atoms with E-state index < -0.39 is 23.6 Å². The fourth-order valence-corrected chi connectivity index (χ4v) is 3.82. The first-order chi connectivity index (χ1) is 11.0. The first-order valence-corrected chi connectivity index (χ1v) is 8.20. The van der Waals surface area contributed by atoms with Gasteiger partial charge >= 0.3 is 6.18 Å². The fraction of sp³-hybridized carbons (Fsp3) is 0.375. The SMILES string of the molecule is Cl.Fc1cccc(C(F)(F)F)c1[C@@H](c1cccs1)N1CCNCC1. The van der Waals surface area contributed by atoms with Gasteiger partial charge < -0.3 is 5.32 Å². The van der Waals surface area contributed by atoms with Crippen LogP contribution in [0.15, 0.2) is 35.7 Å². The van der Waals surface area contributed by atoms with Gasteiger partial charge in [-0.25, -0.2) is 4.39 Å². The first kappa shape index (κ1) is 19.2. The van der Waals surface area contributed by atoms with Crippen LogP contribution in [0.3, 0.4) is 0 Å². The highest BCUT2D eigenvalue weighted by atomic mass is 35.5. The summed E-state index contributed by atoms with van der Waals surface area (Å²) < 4.78 is 54.7. The second-order valence-electron chi connectivity index (χ2n) is 5.40. The molecule has 1 N–H and O–H groups in total. The maximum atomic E-state index is 14.4. The van der Waals surface area contributed by atoms with Crippen molar-refractivity contribution in [2.24, 2.45) is 0 Å². The summed E-state index contributed by atoms with van der Waals surface area (Å²) in [6.45, 7) is 2.51. The molecule has 0 unspecified atom stereocenters. The molecule has 3 rings (SSSR count). The highest BCUT2D eigenvalue weighted by Gasteiger charge is 2.39. The number of hydrogen-bond acceptors (Lipinski definition) is 3. The average molecular weight is 381 g/mol. The molecule has 132 valence electrons. The van der Waals surface area contributed by atoms with Gasteiger partial charge in [0, 0.05) is 36.6 Å². The molecular formula is C16H17ClF4N2S. The van der Waals surface area contributed by atoms with Crippen molar-refractivity contribution >= 4 is 23.7 Å². The van der Waals surface area contributed by atoms with E-state index in [9.17, 15) is 17.6 Å². The quantitative estimate of drug-likeness (QED) is 0.798. The zero-order valence-corrected chi connectivity index (χ0v) is 14.3. The van der Waals surface area contributed by atoms with Crippen LogP contribution in [-0.4, -0.2) is 31.1 Å². The van der Waals surface area contributed by atoms with Crippen molar-refractivity contribution in [1.29, 1.82) is 0 Å². The Hall–Kier alpha value is -1.15. The molecule has 1 atom stereocenters. The first-order valence-electron chi connectivity index (χ1n) is 7.32. The van der Waals surface area contributed by atoms with E-state index in [4.69, 9.17) is 0 Å². The molecule has 0 aliphatic carbocycles. The van der Waals surface area contributed by atoms with Gasteiger partial charge in [-0.1, -0.05) is 12.1 Å². The number of nitrogens with one attached hydrogen (secondary N) is 1. The van der Waals surface area contributed by atoms with Crippen LogP contribution in [0.25, 0.3) is 0 Å². The molecule has 0 saturated carbocycles. The molecule has 0 bridgehead atoms. The minimum atomic E-state index is -4.58. The zero-order valence-electron chi connectivity index (χ0n) is 12.6. The number of benzene rings is 1. The highest BCUT2D eigenvalue weighted by Crippen LogP contribution is 2.41. The third kappa shape index (κ3) is 3.91. The Kier molecular flexibility index (Phi) is 6.25. The molecule has 1 saturated heterocycles. The molecule has 2 aromatic rings. The Labute approximate surface area is 147 Å². The van der Waals surface area contributed by atoms with Crippen LogP contribution < -0.4 is 5.32 Å². The fourth-order valence-electron chi connectivity index (χ4n) is 2.95. The van der Waals surface area contributed by atoms with Gasteiger partial charge in [-0.05, 0) is 23.6 Å². The Morgan fingerprint density at radius 2 is 1.79 bits per heavy atom. The van der Waals surface area contributed by atoms with Gasteiger partial charge in [0.15, 0.2) is 0 Å². The second kappa shape index (κ2) is 7.82. The lowest BCUT2D eigenvalue weighted by Gasteiger charge is -2.36. The van der Waals surface area contributed by atoms with E-state index in [1.807, 2.05) is 4.90 Å². The summed E-state index contributed by atoms with van der Waals surface area (Å²) in [5, 5.41) is 4.98. The maximum absolute atomic E-state index is 14.4. The molecule has 1 aliphatic heterocycles. The van der Waals surface area contributed by atoms with Gasteiger partial charge in [-0.3, -0.25) is 4.90 Å². The van der Waals surface area contributed by atoms with Crippen molar-refractivity contribution in [1.82, 2.24) is 10.2 Å². The van der Waals surface area contributed by atoms with Gasteiger partial charge in [0.05, 0.1) is 11.6 Å². The lowest BCUT2D eigenvalue weighted by molar-refractivity contribution is -0.138. The predicted molar refractivity (Wildman–Crippen MR) is 89.3 cm³/mol. The normalized spacial score (nSPS) is 17.3. The topological polar surface area (TPSA) is 15.3 Å².